The summed E-state index contributed by atoms with van der Waals surface area (Å²) in [5.74, 6) is 0.664. The predicted octanol–water partition coefficient (Wildman–Crippen LogP) is 8.36. The number of halogens is 2. The summed E-state index contributed by atoms with van der Waals surface area (Å²) >= 11 is 13.3. The van der Waals surface area contributed by atoms with Crippen molar-refractivity contribution in [3.05, 3.63) is 88.4 Å². The molecule has 0 radical (unpaired) electrons. The molecule has 1 heterocycles. The van der Waals surface area contributed by atoms with E-state index in [1.165, 1.54) is 10.4 Å². The van der Waals surface area contributed by atoms with Gasteiger partial charge in [-0.25, -0.2) is 0 Å². The van der Waals surface area contributed by atoms with Crippen LogP contribution in [0.1, 0.15) is 51.5 Å². The van der Waals surface area contributed by atoms with Crippen LogP contribution < -0.4 is 15.1 Å². The lowest BCUT2D eigenvalue weighted by Gasteiger charge is -2.44. The first-order chi connectivity index (χ1) is 21.7. The lowest BCUT2D eigenvalue weighted by atomic mass is 9.97. The highest BCUT2D eigenvalue weighted by molar-refractivity contribution is 6.99. The van der Waals surface area contributed by atoms with Crippen molar-refractivity contribution >= 4 is 55.9 Å². The molecule has 248 valence electrons. The minimum Gasteiger partial charge on any atom is -0.467 e. The van der Waals surface area contributed by atoms with Crippen LogP contribution in [0.25, 0.3) is 0 Å². The lowest BCUT2D eigenvalue weighted by Crippen LogP contribution is -2.67. The van der Waals surface area contributed by atoms with Gasteiger partial charge in [0.05, 0.1) is 10.0 Å². The SMILES string of the molecule is CC(C)(C)[Si](OCC1(CN2CC(c3c(OCOCC[Si](C)(C)C)ccc(Cl)c3Cl)CC2=O)CC1)(c1ccccc1)c1ccccc1. The van der Waals surface area contributed by atoms with Crippen LogP contribution >= 0.6 is 23.2 Å². The molecule has 1 saturated carbocycles. The van der Waals surface area contributed by atoms with Crippen LogP contribution in [0.3, 0.4) is 0 Å². The van der Waals surface area contributed by atoms with Gasteiger partial charge in [-0.2, -0.15) is 0 Å². The zero-order chi connectivity index (χ0) is 33.2. The third-order valence-corrected chi connectivity index (χ3v) is 17.0. The molecule has 3 aromatic carbocycles. The Hall–Kier alpha value is -2.14. The van der Waals surface area contributed by atoms with Gasteiger partial charge in [-0.05, 0) is 46.4 Å². The largest absolute Gasteiger partial charge is 0.467 e. The van der Waals surface area contributed by atoms with Gasteiger partial charge in [-0.3, -0.25) is 4.79 Å². The van der Waals surface area contributed by atoms with E-state index < -0.39 is 16.4 Å². The fraction of sp³-hybridized carbons (Fsp3) is 0.486. The van der Waals surface area contributed by atoms with Gasteiger partial charge in [0.2, 0.25) is 5.91 Å². The molecule has 2 aliphatic rings. The molecule has 2 fully saturated rings. The number of hydrogen-bond donors (Lipinski definition) is 0. The van der Waals surface area contributed by atoms with Gasteiger partial charge < -0.3 is 18.8 Å². The lowest BCUT2D eigenvalue weighted by molar-refractivity contribution is -0.128. The van der Waals surface area contributed by atoms with Gasteiger partial charge in [0.1, 0.15) is 5.75 Å². The highest BCUT2D eigenvalue weighted by Gasteiger charge is 2.54. The Morgan fingerprint density at radius 2 is 1.52 bits per heavy atom. The highest BCUT2D eigenvalue weighted by atomic mass is 35.5. The molecule has 1 saturated heterocycles. The number of ether oxygens (including phenoxy) is 2. The van der Waals surface area contributed by atoms with Crippen molar-refractivity contribution in [2.24, 2.45) is 5.41 Å². The molecule has 5 nitrogen and oxygen atoms in total. The van der Waals surface area contributed by atoms with Crippen molar-refractivity contribution < 1.29 is 18.7 Å². The van der Waals surface area contributed by atoms with Gasteiger partial charge in [0.15, 0.2) is 6.79 Å². The molecule has 1 aliphatic heterocycles. The fourth-order valence-corrected chi connectivity index (χ4v) is 12.6. The molecule has 1 amide bonds. The molecule has 0 bridgehead atoms. The molecular weight excluding hydrogens is 649 g/mol. The number of benzene rings is 3. The van der Waals surface area contributed by atoms with Gasteiger partial charge in [-0.15, -0.1) is 0 Å². The van der Waals surface area contributed by atoms with Crippen LogP contribution in [0.4, 0.5) is 0 Å². The highest BCUT2D eigenvalue weighted by Crippen LogP contribution is 2.50. The summed E-state index contributed by atoms with van der Waals surface area (Å²) in [4.78, 5) is 15.5. The minimum absolute atomic E-state index is 0.0563. The average Bonchev–Trinajstić information content (AvgIpc) is 3.68. The molecule has 9 heteroatoms. The van der Waals surface area contributed by atoms with E-state index in [4.69, 9.17) is 37.1 Å². The van der Waals surface area contributed by atoms with Gasteiger partial charge in [0.25, 0.3) is 8.32 Å². The molecule has 1 atom stereocenters. The first-order valence-electron chi connectivity index (χ1n) is 16.5. The van der Waals surface area contributed by atoms with Crippen LogP contribution in [0, 0.1) is 5.41 Å². The topological polar surface area (TPSA) is 48.0 Å². The predicted molar refractivity (Wildman–Crippen MR) is 195 cm³/mol. The van der Waals surface area contributed by atoms with Gasteiger partial charge >= 0.3 is 0 Å². The number of carbonyl (C=O) groups excluding carboxylic acids is 1. The quantitative estimate of drug-likeness (QED) is 0.0965. The maximum Gasteiger partial charge on any atom is 0.261 e. The Bertz CT molecular complexity index is 1450. The molecule has 3 aromatic rings. The Balaban J connectivity index is 1.31. The van der Waals surface area contributed by atoms with Gasteiger partial charge in [-0.1, -0.05) is 124 Å². The summed E-state index contributed by atoms with van der Waals surface area (Å²) in [6.45, 7) is 16.6. The third-order valence-electron chi connectivity index (χ3n) is 9.50. The summed E-state index contributed by atoms with van der Waals surface area (Å²) in [7, 11) is -3.87. The van der Waals surface area contributed by atoms with E-state index in [-0.39, 0.29) is 29.1 Å². The normalized spacial score (nSPS) is 18.2. The monoisotopic (exact) mass is 697 g/mol. The smallest absolute Gasteiger partial charge is 0.261 e. The third kappa shape index (κ3) is 7.93. The summed E-state index contributed by atoms with van der Waals surface area (Å²) in [5, 5.41) is 3.37. The number of rotatable bonds is 14. The Morgan fingerprint density at radius 3 is 2.07 bits per heavy atom. The van der Waals surface area contributed by atoms with Crippen LogP contribution in [0.5, 0.6) is 5.75 Å². The van der Waals surface area contributed by atoms with E-state index in [2.05, 4.69) is 101 Å². The van der Waals surface area contributed by atoms with Crippen molar-refractivity contribution in [2.45, 2.75) is 76.7 Å². The molecular formula is C37H49Cl2NO4Si2. The number of hydrogen-bond acceptors (Lipinski definition) is 4. The molecule has 46 heavy (non-hydrogen) atoms. The van der Waals surface area contributed by atoms with E-state index >= 15 is 0 Å². The maximum atomic E-state index is 13.5. The summed E-state index contributed by atoms with van der Waals surface area (Å²) in [6, 6.07) is 26.2. The molecule has 1 unspecified atom stereocenters. The standard InChI is InChI=1S/C37H49Cl2NO4Si2/c1-36(2,3)46(29-13-9-7-10-14-29,30-15-11-8-12-16-30)44-26-37(19-20-37)25-40-24-28(23-33(40)41)34-32(18-17-31(38)35(34)39)43-27-42-21-22-45(4,5)6/h7-18,28H,19-27H2,1-6H3. The Morgan fingerprint density at radius 1 is 0.913 bits per heavy atom. The molecule has 0 spiro atoms. The number of likely N-dealkylation sites (tertiary alicyclic amines) is 1. The van der Waals surface area contributed by atoms with Crippen molar-refractivity contribution in [1.29, 1.82) is 0 Å². The van der Waals surface area contributed by atoms with E-state index in [9.17, 15) is 4.79 Å². The van der Waals surface area contributed by atoms with Crippen molar-refractivity contribution in [3.63, 3.8) is 0 Å². The first-order valence-corrected chi connectivity index (χ1v) is 22.8. The number of amides is 1. The van der Waals surface area contributed by atoms with Crippen molar-refractivity contribution in [1.82, 2.24) is 4.90 Å². The molecule has 5 rings (SSSR count). The average molecular weight is 699 g/mol. The number of carbonyl (C=O) groups is 1. The minimum atomic E-state index is -2.67. The number of nitrogens with zero attached hydrogens (tertiary/aromatic N) is 1. The van der Waals surface area contributed by atoms with E-state index in [1.54, 1.807) is 6.07 Å². The van der Waals surface area contributed by atoms with Crippen LogP contribution in [0.2, 0.25) is 40.8 Å². The second kappa shape index (κ2) is 14.1. The summed E-state index contributed by atoms with van der Waals surface area (Å²) in [6.07, 6.45) is 2.46. The Kier molecular flexibility index (Phi) is 10.8. The van der Waals surface area contributed by atoms with E-state index in [0.717, 1.165) is 24.4 Å². The van der Waals surface area contributed by atoms with Crippen molar-refractivity contribution in [3.8, 4) is 5.75 Å². The first kappa shape index (κ1) is 35.2. The van der Waals surface area contributed by atoms with E-state index in [0.29, 0.717) is 48.5 Å². The van der Waals surface area contributed by atoms with Crippen LogP contribution in [-0.2, 0) is 14.0 Å². The second-order valence-corrected chi connectivity index (χ2v) is 26.1. The molecule has 1 aliphatic carbocycles. The maximum absolute atomic E-state index is 13.5. The van der Waals surface area contributed by atoms with Crippen LogP contribution in [0.15, 0.2) is 72.8 Å². The van der Waals surface area contributed by atoms with Gasteiger partial charge in [0, 0.05) is 57.7 Å². The molecule has 0 aromatic heterocycles. The summed E-state index contributed by atoms with van der Waals surface area (Å²) in [5.41, 5.74) is 0.742. The summed E-state index contributed by atoms with van der Waals surface area (Å²) < 4.78 is 19.2. The second-order valence-electron chi connectivity index (χ2n) is 15.4. The molecule has 0 N–H and O–H groups in total. The van der Waals surface area contributed by atoms with Crippen LogP contribution in [-0.4, -0.2) is 60.3 Å². The fourth-order valence-electron chi connectivity index (χ4n) is 6.67. The Labute approximate surface area is 287 Å². The van der Waals surface area contributed by atoms with Crippen molar-refractivity contribution in [2.75, 3.05) is 33.1 Å². The van der Waals surface area contributed by atoms with E-state index in [1.807, 2.05) is 11.0 Å². The zero-order valence-electron chi connectivity index (χ0n) is 28.2. The zero-order valence-corrected chi connectivity index (χ0v) is 31.7.